The molecule has 0 spiro atoms. The Morgan fingerprint density at radius 1 is 0.900 bits per heavy atom. The van der Waals surface area contributed by atoms with Gasteiger partial charge in [0.25, 0.3) is 0 Å². The molecule has 0 atom stereocenters. The predicted octanol–water partition coefficient (Wildman–Crippen LogP) is 7.91. The van der Waals surface area contributed by atoms with Crippen LogP contribution in [0.1, 0.15) is 24.5 Å². The van der Waals surface area contributed by atoms with Crippen molar-refractivity contribution in [3.05, 3.63) is 113 Å². The number of anilines is 2. The minimum absolute atomic E-state index is 0.115. The average Bonchev–Trinajstić information content (AvgIpc) is 2.95. The number of ketones is 1. The topological polar surface area (TPSA) is 73.3 Å². The van der Waals surface area contributed by atoms with Gasteiger partial charge in [-0.1, -0.05) is 48.0 Å². The zero-order valence-electron chi connectivity index (χ0n) is 21.9. The van der Waals surface area contributed by atoms with Crippen LogP contribution in [0, 0.1) is 5.82 Å². The quantitative estimate of drug-likeness (QED) is 0.167. The molecule has 0 amide bonds. The molecule has 1 heterocycles. The largest absolute Gasteiger partial charge is 0.487 e. The molecule has 0 radical (unpaired) electrons. The molecule has 0 bridgehead atoms. The fourth-order valence-corrected chi connectivity index (χ4v) is 4.44. The van der Waals surface area contributed by atoms with Gasteiger partial charge in [-0.3, -0.25) is 4.79 Å². The van der Waals surface area contributed by atoms with E-state index >= 15 is 0 Å². The van der Waals surface area contributed by atoms with Crippen LogP contribution in [-0.2, 0) is 22.7 Å². The lowest BCUT2D eigenvalue weighted by molar-refractivity contribution is -0.118. The molecule has 0 aliphatic rings. The molecule has 202 valence electrons. The SMILES string of the molecule is CC(=O)CCOCc1cccc(-c2ccc3ncnc(Nc4ccc(OCc5cccc(F)c5)c(Cl)c4)c3c2)c1. The third kappa shape index (κ3) is 7.00. The molecule has 5 aromatic rings. The zero-order valence-corrected chi connectivity index (χ0v) is 22.6. The molecule has 40 heavy (non-hydrogen) atoms. The van der Waals surface area contributed by atoms with Crippen molar-refractivity contribution in [1.29, 1.82) is 0 Å². The van der Waals surface area contributed by atoms with Crippen molar-refractivity contribution >= 4 is 39.8 Å². The molecule has 1 N–H and O–H groups in total. The highest BCUT2D eigenvalue weighted by atomic mass is 35.5. The summed E-state index contributed by atoms with van der Waals surface area (Å²) in [5, 5.41) is 4.61. The van der Waals surface area contributed by atoms with Crippen molar-refractivity contribution in [3.8, 4) is 16.9 Å². The summed E-state index contributed by atoms with van der Waals surface area (Å²) in [7, 11) is 0. The number of nitrogens with one attached hydrogen (secondary N) is 1. The van der Waals surface area contributed by atoms with E-state index in [9.17, 15) is 9.18 Å². The normalized spacial score (nSPS) is 11.0. The molecule has 0 unspecified atom stereocenters. The van der Waals surface area contributed by atoms with Gasteiger partial charge >= 0.3 is 0 Å². The van der Waals surface area contributed by atoms with Gasteiger partial charge in [0.05, 0.1) is 23.8 Å². The van der Waals surface area contributed by atoms with Gasteiger partial charge in [0.2, 0.25) is 0 Å². The number of carbonyl (C=O) groups excluding carboxylic acids is 1. The van der Waals surface area contributed by atoms with Gasteiger partial charge in [-0.15, -0.1) is 0 Å². The Morgan fingerprint density at radius 2 is 1.70 bits per heavy atom. The highest BCUT2D eigenvalue weighted by Gasteiger charge is 2.10. The summed E-state index contributed by atoms with van der Waals surface area (Å²) in [6.07, 6.45) is 1.93. The van der Waals surface area contributed by atoms with Crippen molar-refractivity contribution in [2.75, 3.05) is 11.9 Å². The molecule has 8 heteroatoms. The first-order valence-electron chi connectivity index (χ1n) is 12.8. The fourth-order valence-electron chi connectivity index (χ4n) is 4.20. The van der Waals surface area contributed by atoms with E-state index < -0.39 is 0 Å². The van der Waals surface area contributed by atoms with E-state index in [-0.39, 0.29) is 18.2 Å². The van der Waals surface area contributed by atoms with Crippen LogP contribution in [0.2, 0.25) is 5.02 Å². The summed E-state index contributed by atoms with van der Waals surface area (Å²) in [5.41, 5.74) is 5.32. The van der Waals surface area contributed by atoms with Gasteiger partial charge in [0, 0.05) is 17.5 Å². The number of aromatic nitrogens is 2. The second-order valence-electron chi connectivity index (χ2n) is 9.35. The van der Waals surface area contributed by atoms with Gasteiger partial charge < -0.3 is 14.8 Å². The Bertz CT molecular complexity index is 1660. The number of fused-ring (bicyclic) bond motifs is 1. The van der Waals surface area contributed by atoms with Crippen LogP contribution < -0.4 is 10.1 Å². The maximum absolute atomic E-state index is 13.4. The molecular weight excluding hydrogens is 529 g/mol. The second-order valence-corrected chi connectivity index (χ2v) is 9.76. The number of hydrogen-bond acceptors (Lipinski definition) is 6. The number of rotatable bonds is 11. The van der Waals surface area contributed by atoms with Crippen molar-refractivity contribution in [3.63, 3.8) is 0 Å². The number of Topliss-reactive ketones (excluding diaryl/α,β-unsaturated/α-hetero) is 1. The average molecular weight is 556 g/mol. The molecule has 5 rings (SSSR count). The van der Waals surface area contributed by atoms with Crippen LogP contribution in [0.25, 0.3) is 22.0 Å². The molecule has 0 saturated carbocycles. The van der Waals surface area contributed by atoms with E-state index in [4.69, 9.17) is 21.1 Å². The number of ether oxygens (including phenoxy) is 2. The first kappa shape index (κ1) is 27.2. The first-order valence-corrected chi connectivity index (χ1v) is 13.2. The van der Waals surface area contributed by atoms with Crippen molar-refractivity contribution in [2.24, 2.45) is 0 Å². The van der Waals surface area contributed by atoms with Gasteiger partial charge in [-0.25, -0.2) is 14.4 Å². The summed E-state index contributed by atoms with van der Waals surface area (Å²) in [4.78, 5) is 20.0. The van der Waals surface area contributed by atoms with Crippen LogP contribution in [0.4, 0.5) is 15.9 Å². The predicted molar refractivity (Wildman–Crippen MR) is 155 cm³/mol. The van der Waals surface area contributed by atoms with Crippen LogP contribution in [-0.4, -0.2) is 22.4 Å². The highest BCUT2D eigenvalue weighted by Crippen LogP contribution is 2.32. The minimum atomic E-state index is -0.310. The summed E-state index contributed by atoms with van der Waals surface area (Å²) in [5.74, 6) is 0.940. The molecule has 0 fully saturated rings. The molecule has 4 aromatic carbocycles. The Balaban J connectivity index is 1.32. The summed E-state index contributed by atoms with van der Waals surface area (Å²) < 4.78 is 24.9. The Labute approximate surface area is 236 Å². The van der Waals surface area contributed by atoms with Crippen LogP contribution >= 0.6 is 11.6 Å². The van der Waals surface area contributed by atoms with E-state index in [1.54, 1.807) is 31.2 Å². The van der Waals surface area contributed by atoms with E-state index in [1.165, 1.54) is 18.5 Å². The Morgan fingerprint density at radius 3 is 2.50 bits per heavy atom. The van der Waals surface area contributed by atoms with Gasteiger partial charge in [0.15, 0.2) is 0 Å². The summed E-state index contributed by atoms with van der Waals surface area (Å²) >= 11 is 6.49. The molecule has 1 aromatic heterocycles. The number of halogens is 2. The summed E-state index contributed by atoms with van der Waals surface area (Å²) in [6, 6.07) is 25.8. The summed E-state index contributed by atoms with van der Waals surface area (Å²) in [6.45, 7) is 2.61. The lowest BCUT2D eigenvalue weighted by atomic mass is 10.0. The van der Waals surface area contributed by atoms with Crippen LogP contribution in [0.5, 0.6) is 5.75 Å². The molecule has 0 aliphatic heterocycles. The molecule has 6 nitrogen and oxygen atoms in total. The zero-order chi connectivity index (χ0) is 27.9. The van der Waals surface area contributed by atoms with Crippen LogP contribution in [0.15, 0.2) is 91.3 Å². The van der Waals surface area contributed by atoms with Crippen molar-refractivity contribution in [1.82, 2.24) is 9.97 Å². The van der Waals surface area contributed by atoms with Crippen molar-refractivity contribution < 1.29 is 18.7 Å². The van der Waals surface area contributed by atoms with Crippen molar-refractivity contribution in [2.45, 2.75) is 26.6 Å². The minimum Gasteiger partial charge on any atom is -0.487 e. The van der Waals surface area contributed by atoms with E-state index in [2.05, 4.69) is 21.4 Å². The highest BCUT2D eigenvalue weighted by molar-refractivity contribution is 6.32. The standard InChI is InChI=1S/C32H27ClFN3O3/c1-21(38)12-13-39-18-22-4-2-6-24(14-22)25-8-10-30-28(16-25)32(36-20-35-30)37-27-9-11-31(29(33)17-27)40-19-23-5-3-7-26(34)15-23/h2-11,14-17,20H,12-13,18-19H2,1H3,(H,35,36,37). The molecule has 0 aliphatic carbocycles. The monoisotopic (exact) mass is 555 g/mol. The molecule has 0 saturated heterocycles. The number of nitrogens with zero attached hydrogens (tertiary/aromatic N) is 2. The molecular formula is C32H27ClFN3O3. The third-order valence-electron chi connectivity index (χ3n) is 6.24. The maximum Gasteiger partial charge on any atom is 0.141 e. The van der Waals surface area contributed by atoms with E-state index in [0.717, 1.165) is 33.3 Å². The van der Waals surface area contributed by atoms with E-state index in [0.29, 0.717) is 41.8 Å². The Hall–Kier alpha value is -4.33. The number of benzene rings is 4. The maximum atomic E-state index is 13.4. The van der Waals surface area contributed by atoms with E-state index in [1.807, 2.05) is 42.5 Å². The second kappa shape index (κ2) is 12.7. The number of hydrogen-bond donors (Lipinski definition) is 1. The number of carbonyl (C=O) groups is 1. The van der Waals surface area contributed by atoms with Gasteiger partial charge in [-0.2, -0.15) is 0 Å². The van der Waals surface area contributed by atoms with Crippen LogP contribution in [0.3, 0.4) is 0 Å². The van der Waals surface area contributed by atoms with Gasteiger partial charge in [0.1, 0.15) is 36.1 Å². The Kier molecular flexibility index (Phi) is 8.64. The third-order valence-corrected chi connectivity index (χ3v) is 6.54. The smallest absolute Gasteiger partial charge is 0.141 e. The lowest BCUT2D eigenvalue weighted by Gasteiger charge is -2.13. The lowest BCUT2D eigenvalue weighted by Crippen LogP contribution is -2.00. The van der Waals surface area contributed by atoms with Gasteiger partial charge in [-0.05, 0) is 77.7 Å². The fraction of sp³-hybridized carbons (Fsp3) is 0.156. The first-order chi connectivity index (χ1) is 19.4.